The number of rotatable bonds is 8. The van der Waals surface area contributed by atoms with Crippen LogP contribution in [0.5, 0.6) is 5.75 Å². The Kier molecular flexibility index (Phi) is 6.43. The van der Waals surface area contributed by atoms with Crippen molar-refractivity contribution in [3.05, 3.63) is 45.6 Å². The highest BCUT2D eigenvalue weighted by atomic mass is 32.2. The summed E-state index contributed by atoms with van der Waals surface area (Å²) in [5, 5.41) is 3.96. The normalized spacial score (nSPS) is 11.9. The molecule has 1 aromatic carbocycles. The van der Waals surface area contributed by atoms with Gasteiger partial charge < -0.3 is 4.74 Å². The number of aryl methyl sites for hydroxylation is 2. The van der Waals surface area contributed by atoms with E-state index in [1.54, 1.807) is 27.8 Å². The molecule has 0 aliphatic carbocycles. The van der Waals surface area contributed by atoms with Gasteiger partial charge in [0, 0.05) is 13.1 Å². The molecule has 6 heteroatoms. The molecule has 132 valence electrons. The van der Waals surface area contributed by atoms with E-state index in [2.05, 4.69) is 0 Å². The SMILES string of the molecule is CCCN(Cc1ccsc1)S(=O)(=O)c1cc(C)c(OCC)c(C)c1. The van der Waals surface area contributed by atoms with Crippen LogP contribution in [0.15, 0.2) is 33.9 Å². The first-order valence-corrected chi connectivity index (χ1v) is 10.5. The van der Waals surface area contributed by atoms with Crippen LogP contribution in [0.2, 0.25) is 0 Å². The molecule has 24 heavy (non-hydrogen) atoms. The maximum absolute atomic E-state index is 13.1. The minimum absolute atomic E-state index is 0.338. The predicted octanol–water partition coefficient (Wildman–Crippen LogP) is 4.36. The molecule has 1 heterocycles. The summed E-state index contributed by atoms with van der Waals surface area (Å²) in [5.74, 6) is 0.774. The fourth-order valence-corrected chi connectivity index (χ4v) is 5.05. The van der Waals surface area contributed by atoms with Gasteiger partial charge in [0.2, 0.25) is 10.0 Å². The van der Waals surface area contributed by atoms with E-state index in [0.717, 1.165) is 28.9 Å². The fraction of sp³-hybridized carbons (Fsp3) is 0.444. The van der Waals surface area contributed by atoms with E-state index < -0.39 is 10.0 Å². The van der Waals surface area contributed by atoms with Crippen LogP contribution >= 0.6 is 11.3 Å². The third-order valence-electron chi connectivity index (χ3n) is 3.77. The van der Waals surface area contributed by atoms with Gasteiger partial charge in [-0.2, -0.15) is 15.6 Å². The van der Waals surface area contributed by atoms with Crippen molar-refractivity contribution in [2.45, 2.75) is 45.6 Å². The van der Waals surface area contributed by atoms with E-state index in [9.17, 15) is 8.42 Å². The summed E-state index contributed by atoms with van der Waals surface area (Å²) in [5.41, 5.74) is 2.72. The molecule has 0 bridgehead atoms. The van der Waals surface area contributed by atoms with E-state index >= 15 is 0 Å². The van der Waals surface area contributed by atoms with Crippen molar-refractivity contribution in [3.63, 3.8) is 0 Å². The van der Waals surface area contributed by atoms with E-state index in [-0.39, 0.29) is 0 Å². The topological polar surface area (TPSA) is 46.6 Å². The Balaban J connectivity index is 2.39. The zero-order valence-electron chi connectivity index (χ0n) is 14.7. The van der Waals surface area contributed by atoms with E-state index in [1.165, 1.54) is 0 Å². The minimum Gasteiger partial charge on any atom is -0.493 e. The van der Waals surface area contributed by atoms with Gasteiger partial charge in [0.1, 0.15) is 5.75 Å². The smallest absolute Gasteiger partial charge is 0.243 e. The van der Waals surface area contributed by atoms with Crippen molar-refractivity contribution >= 4 is 21.4 Å². The van der Waals surface area contributed by atoms with Crippen LogP contribution in [0, 0.1) is 13.8 Å². The number of thiophene rings is 1. The first-order valence-electron chi connectivity index (χ1n) is 8.15. The van der Waals surface area contributed by atoms with Crippen molar-refractivity contribution in [2.75, 3.05) is 13.2 Å². The van der Waals surface area contributed by atoms with Crippen molar-refractivity contribution in [3.8, 4) is 5.75 Å². The maximum atomic E-state index is 13.1. The number of sulfonamides is 1. The standard InChI is InChI=1S/C18H25NO3S2/c1-5-8-19(12-16-7-9-23-13-16)24(20,21)17-10-14(3)18(22-6-2)15(4)11-17/h7,9-11,13H,5-6,8,12H2,1-4H3. The first-order chi connectivity index (χ1) is 11.4. The number of hydrogen-bond donors (Lipinski definition) is 0. The Morgan fingerprint density at radius 1 is 1.17 bits per heavy atom. The van der Waals surface area contributed by atoms with Gasteiger partial charge in [-0.25, -0.2) is 8.42 Å². The average molecular weight is 368 g/mol. The molecule has 0 aliphatic rings. The lowest BCUT2D eigenvalue weighted by Gasteiger charge is -2.22. The second-order valence-electron chi connectivity index (χ2n) is 5.79. The molecule has 0 atom stereocenters. The molecule has 0 amide bonds. The van der Waals surface area contributed by atoms with Gasteiger partial charge in [-0.15, -0.1) is 0 Å². The Hall–Kier alpha value is -1.37. The van der Waals surface area contributed by atoms with Crippen LogP contribution in [-0.4, -0.2) is 25.9 Å². The van der Waals surface area contributed by atoms with Crippen molar-refractivity contribution in [1.29, 1.82) is 0 Å². The molecule has 0 spiro atoms. The number of nitrogens with zero attached hydrogens (tertiary/aromatic N) is 1. The van der Waals surface area contributed by atoms with Gasteiger partial charge in [0.25, 0.3) is 0 Å². The summed E-state index contributed by atoms with van der Waals surface area (Å²) < 4.78 is 33.4. The lowest BCUT2D eigenvalue weighted by atomic mass is 10.1. The predicted molar refractivity (Wildman–Crippen MR) is 99.3 cm³/mol. The van der Waals surface area contributed by atoms with Crippen LogP contribution in [0.3, 0.4) is 0 Å². The fourth-order valence-electron chi connectivity index (χ4n) is 2.70. The van der Waals surface area contributed by atoms with Crippen molar-refractivity contribution in [2.24, 2.45) is 0 Å². The molecule has 0 N–H and O–H groups in total. The average Bonchev–Trinajstić information content (AvgIpc) is 3.03. The highest BCUT2D eigenvalue weighted by Crippen LogP contribution is 2.29. The summed E-state index contributed by atoms with van der Waals surface area (Å²) in [4.78, 5) is 0.338. The zero-order chi connectivity index (χ0) is 17.7. The molecule has 0 fully saturated rings. The van der Waals surface area contributed by atoms with Crippen LogP contribution in [0.1, 0.15) is 37.0 Å². The van der Waals surface area contributed by atoms with Gasteiger partial charge in [-0.1, -0.05) is 6.92 Å². The Morgan fingerprint density at radius 3 is 2.33 bits per heavy atom. The van der Waals surface area contributed by atoms with E-state index in [4.69, 9.17) is 4.74 Å². The lowest BCUT2D eigenvalue weighted by Crippen LogP contribution is -2.31. The largest absolute Gasteiger partial charge is 0.493 e. The van der Waals surface area contributed by atoms with Crippen molar-refractivity contribution < 1.29 is 13.2 Å². The first kappa shape index (κ1) is 19.0. The van der Waals surface area contributed by atoms with Gasteiger partial charge in [-0.05, 0) is 72.8 Å². The molecule has 1 aromatic heterocycles. The molecule has 0 radical (unpaired) electrons. The molecule has 0 saturated carbocycles. The second kappa shape index (κ2) is 8.14. The molecule has 0 unspecified atom stereocenters. The highest BCUT2D eigenvalue weighted by molar-refractivity contribution is 7.89. The third kappa shape index (κ3) is 4.18. The van der Waals surface area contributed by atoms with E-state index in [1.807, 2.05) is 44.5 Å². The molecule has 2 rings (SSSR count). The quantitative estimate of drug-likeness (QED) is 0.696. The number of benzene rings is 1. The summed E-state index contributed by atoms with van der Waals surface area (Å²) >= 11 is 1.58. The van der Waals surface area contributed by atoms with Crippen molar-refractivity contribution in [1.82, 2.24) is 4.31 Å². The van der Waals surface area contributed by atoms with Crippen LogP contribution < -0.4 is 4.74 Å². The molecule has 0 saturated heterocycles. The van der Waals surface area contributed by atoms with E-state index in [0.29, 0.717) is 24.6 Å². The monoisotopic (exact) mass is 367 g/mol. The number of hydrogen-bond acceptors (Lipinski definition) is 4. The summed E-state index contributed by atoms with van der Waals surface area (Å²) in [6.07, 6.45) is 0.776. The Morgan fingerprint density at radius 2 is 1.83 bits per heavy atom. The van der Waals surface area contributed by atoms with Crippen LogP contribution in [0.4, 0.5) is 0 Å². The van der Waals surface area contributed by atoms with Gasteiger partial charge in [0.05, 0.1) is 11.5 Å². The molecular weight excluding hydrogens is 342 g/mol. The minimum atomic E-state index is -3.53. The number of ether oxygens (including phenoxy) is 1. The molecule has 0 aliphatic heterocycles. The summed E-state index contributed by atoms with van der Waals surface area (Å²) in [6.45, 7) is 9.17. The van der Waals surface area contributed by atoms with Gasteiger partial charge in [-0.3, -0.25) is 0 Å². The van der Waals surface area contributed by atoms with Crippen LogP contribution in [-0.2, 0) is 16.6 Å². The van der Waals surface area contributed by atoms with Gasteiger partial charge >= 0.3 is 0 Å². The van der Waals surface area contributed by atoms with Gasteiger partial charge in [0.15, 0.2) is 0 Å². The molecule has 4 nitrogen and oxygen atoms in total. The Labute approximate surface area is 149 Å². The maximum Gasteiger partial charge on any atom is 0.243 e. The zero-order valence-corrected chi connectivity index (χ0v) is 16.3. The second-order valence-corrected chi connectivity index (χ2v) is 8.51. The molecular formula is C18H25NO3S2. The Bertz CT molecular complexity index is 745. The highest BCUT2D eigenvalue weighted by Gasteiger charge is 2.25. The summed E-state index contributed by atoms with van der Waals surface area (Å²) in [7, 11) is -3.53. The lowest BCUT2D eigenvalue weighted by molar-refractivity contribution is 0.335. The summed E-state index contributed by atoms with van der Waals surface area (Å²) in [6, 6.07) is 5.39. The third-order valence-corrected chi connectivity index (χ3v) is 6.33. The molecule has 2 aromatic rings. The van der Waals surface area contributed by atoms with Crippen LogP contribution in [0.25, 0.3) is 0 Å².